The topological polar surface area (TPSA) is 111 Å². The molecule has 87 heavy (non-hydrogen) atoms. The number of nitrogens with zero attached hydrogens (tertiary/aromatic N) is 1. The largest absolute Gasteiger partial charge is 0.545 e. The molecule has 0 spiro atoms. The lowest BCUT2D eigenvalue weighted by Crippen LogP contribution is -2.44. The van der Waals surface area contributed by atoms with Gasteiger partial charge in [0.25, 0.3) is 0 Å². The molecule has 0 N–H and O–H groups in total. The Bertz CT molecular complexity index is 1570. The number of esters is 2. The van der Waals surface area contributed by atoms with E-state index < -0.39 is 24.3 Å². The van der Waals surface area contributed by atoms with E-state index in [1.54, 1.807) is 0 Å². The maximum absolute atomic E-state index is 13.0. The Morgan fingerprint density at radius 1 is 0.345 bits per heavy atom. The van der Waals surface area contributed by atoms with Gasteiger partial charge in [-0.3, -0.25) is 9.59 Å². The van der Waals surface area contributed by atoms with E-state index in [9.17, 15) is 19.5 Å². The first-order chi connectivity index (χ1) is 42.6. The Labute approximate surface area is 540 Å². The minimum absolute atomic E-state index is 0.150. The van der Waals surface area contributed by atoms with Gasteiger partial charge in [-0.05, 0) is 77.0 Å². The molecule has 0 fully saturated rings. The monoisotopic (exact) mass is 1220 g/mol. The van der Waals surface area contributed by atoms with Crippen LogP contribution in [0.4, 0.5) is 0 Å². The molecule has 510 valence electrons. The molecule has 0 aromatic heterocycles. The van der Waals surface area contributed by atoms with Crippen LogP contribution in [0.1, 0.15) is 373 Å². The molecule has 2 atom stereocenters. The van der Waals surface area contributed by atoms with Crippen LogP contribution in [0.3, 0.4) is 0 Å². The summed E-state index contributed by atoms with van der Waals surface area (Å²) < 4.78 is 22.9. The molecular weight excluding hydrogens is 1080 g/mol. The number of ether oxygens (including phenoxy) is 4. The summed E-state index contributed by atoms with van der Waals surface area (Å²) in [6.45, 7) is 4.80. The molecule has 0 saturated heterocycles. The number of carboxylic acid groups (broad SMARTS) is 1. The van der Waals surface area contributed by atoms with Gasteiger partial charge in [0.1, 0.15) is 13.2 Å². The SMILES string of the molecule is CCCCCCC/C=C\C/C=C\C/C=C\CCCCCCCCCCCCCCCCCCCCC(=O)OC(COC(=O)CCCCCCCCCCCCCCCCCCC/C=C\CCCCCCCCCC)COC(OCC[N+](C)(C)C)C(=O)[O-]. The summed E-state index contributed by atoms with van der Waals surface area (Å²) in [7, 11) is 5.95. The fourth-order valence-electron chi connectivity index (χ4n) is 11.2. The molecule has 0 aromatic rings. The standard InChI is InChI=1S/C78H145NO8/c1-6-8-10-12-14-16-18-20-22-24-26-28-30-32-34-36-37-38-39-41-43-45-47-49-51-53-55-57-59-61-63-65-67-69-76(81)87-74(73-86-78(77(82)83)84-71-70-79(3,4)5)72-85-75(80)68-66-64-62-60-58-56-54-52-50-48-46-44-42-40-35-33-31-29-27-25-23-21-19-17-15-13-11-9-7-2/h18,20,24-27,30,32,74,78H,6-17,19,21-23,28-29,31,33-73H2,1-5H3/b20-18-,26-24-,27-25-,32-30-. The Balaban J connectivity index is 4.03. The predicted octanol–water partition coefficient (Wildman–Crippen LogP) is 22.4. The lowest BCUT2D eigenvalue weighted by Gasteiger charge is -2.26. The summed E-state index contributed by atoms with van der Waals surface area (Å²) in [6, 6.07) is 0. The second kappa shape index (κ2) is 69.1. The lowest BCUT2D eigenvalue weighted by atomic mass is 10.0. The van der Waals surface area contributed by atoms with E-state index in [-0.39, 0.29) is 32.2 Å². The number of carboxylic acids is 1. The molecule has 9 nitrogen and oxygen atoms in total. The molecule has 2 unspecified atom stereocenters. The van der Waals surface area contributed by atoms with Gasteiger partial charge in [0.15, 0.2) is 12.4 Å². The van der Waals surface area contributed by atoms with Gasteiger partial charge in [0, 0.05) is 12.8 Å². The number of unbranched alkanes of at least 4 members (excludes halogenated alkanes) is 48. The van der Waals surface area contributed by atoms with Crippen LogP contribution in [0, 0.1) is 0 Å². The van der Waals surface area contributed by atoms with Crippen molar-refractivity contribution in [2.45, 2.75) is 386 Å². The van der Waals surface area contributed by atoms with Gasteiger partial charge >= 0.3 is 11.9 Å². The molecule has 0 amide bonds. The van der Waals surface area contributed by atoms with Gasteiger partial charge in [-0.15, -0.1) is 0 Å². The number of aliphatic carboxylic acids is 1. The number of hydrogen-bond acceptors (Lipinski definition) is 8. The van der Waals surface area contributed by atoms with Gasteiger partial charge in [0.2, 0.25) is 0 Å². The molecule has 0 rings (SSSR count). The Hall–Kier alpha value is -2.75. The second-order valence-electron chi connectivity index (χ2n) is 26.9. The number of hydrogen-bond donors (Lipinski definition) is 0. The quantitative estimate of drug-likeness (QED) is 0.0195. The fourth-order valence-corrected chi connectivity index (χ4v) is 11.2. The molecule has 0 aliphatic heterocycles. The number of rotatable bonds is 71. The molecule has 0 saturated carbocycles. The molecule has 0 bridgehead atoms. The van der Waals surface area contributed by atoms with E-state index in [0.717, 1.165) is 44.9 Å². The highest BCUT2D eigenvalue weighted by Gasteiger charge is 2.22. The van der Waals surface area contributed by atoms with Crippen LogP contribution >= 0.6 is 0 Å². The van der Waals surface area contributed by atoms with Gasteiger partial charge in [-0.2, -0.15) is 0 Å². The van der Waals surface area contributed by atoms with E-state index in [0.29, 0.717) is 23.9 Å². The lowest BCUT2D eigenvalue weighted by molar-refractivity contribution is -0.870. The van der Waals surface area contributed by atoms with Crippen molar-refractivity contribution in [3.05, 3.63) is 48.6 Å². The number of likely N-dealkylation sites (N-methyl/N-ethyl adjacent to an activating group) is 1. The normalized spacial score (nSPS) is 12.9. The second-order valence-corrected chi connectivity index (χ2v) is 26.9. The summed E-state index contributed by atoms with van der Waals surface area (Å²) in [5.74, 6) is -2.26. The Morgan fingerprint density at radius 2 is 0.621 bits per heavy atom. The summed E-state index contributed by atoms with van der Waals surface area (Å²) in [4.78, 5) is 37.5. The Kier molecular flexibility index (Phi) is 67.0. The van der Waals surface area contributed by atoms with Gasteiger partial charge in [0.05, 0.1) is 40.3 Å². The highest BCUT2D eigenvalue weighted by atomic mass is 16.7. The third-order valence-electron chi connectivity index (χ3n) is 17.0. The number of carbonyl (C=O) groups excluding carboxylic acids is 3. The first kappa shape index (κ1) is 84.2. The van der Waals surface area contributed by atoms with Crippen LogP contribution in [-0.4, -0.2) is 82.3 Å². The molecule has 0 aromatic carbocycles. The average molecular weight is 1230 g/mol. The highest BCUT2D eigenvalue weighted by molar-refractivity contribution is 5.70. The highest BCUT2D eigenvalue weighted by Crippen LogP contribution is 2.19. The van der Waals surface area contributed by atoms with Crippen molar-refractivity contribution >= 4 is 17.9 Å². The third-order valence-corrected chi connectivity index (χ3v) is 17.0. The van der Waals surface area contributed by atoms with Crippen LogP contribution in [0.2, 0.25) is 0 Å². The van der Waals surface area contributed by atoms with E-state index in [1.807, 2.05) is 21.1 Å². The van der Waals surface area contributed by atoms with Crippen LogP contribution in [0.25, 0.3) is 0 Å². The van der Waals surface area contributed by atoms with Crippen molar-refractivity contribution in [3.8, 4) is 0 Å². The van der Waals surface area contributed by atoms with E-state index in [1.165, 1.54) is 295 Å². The number of carbonyl (C=O) groups is 3. The van der Waals surface area contributed by atoms with Crippen molar-refractivity contribution in [1.82, 2.24) is 0 Å². The van der Waals surface area contributed by atoms with Gasteiger partial charge in [-0.1, -0.05) is 332 Å². The zero-order valence-electron chi connectivity index (χ0n) is 58.4. The third kappa shape index (κ3) is 70.6. The van der Waals surface area contributed by atoms with Gasteiger partial charge < -0.3 is 33.3 Å². The summed E-state index contributed by atoms with van der Waals surface area (Å²) in [5, 5.41) is 11.8. The summed E-state index contributed by atoms with van der Waals surface area (Å²) in [6.07, 6.45) is 86.4. The Morgan fingerprint density at radius 3 is 0.931 bits per heavy atom. The smallest absolute Gasteiger partial charge is 0.306 e. The van der Waals surface area contributed by atoms with Crippen molar-refractivity contribution in [1.29, 1.82) is 0 Å². The van der Waals surface area contributed by atoms with Crippen LogP contribution in [0.5, 0.6) is 0 Å². The van der Waals surface area contributed by atoms with Crippen LogP contribution < -0.4 is 5.11 Å². The fraction of sp³-hybridized carbons (Fsp3) is 0.859. The van der Waals surface area contributed by atoms with E-state index in [2.05, 4.69) is 62.5 Å². The van der Waals surface area contributed by atoms with Crippen molar-refractivity contribution in [3.63, 3.8) is 0 Å². The molecule has 0 aliphatic rings. The minimum Gasteiger partial charge on any atom is -0.545 e. The maximum atomic E-state index is 13.0. The van der Waals surface area contributed by atoms with Crippen molar-refractivity contribution in [2.24, 2.45) is 0 Å². The maximum Gasteiger partial charge on any atom is 0.306 e. The summed E-state index contributed by atoms with van der Waals surface area (Å²) >= 11 is 0. The van der Waals surface area contributed by atoms with Crippen LogP contribution in [-0.2, 0) is 33.3 Å². The minimum atomic E-state index is -1.62. The van der Waals surface area contributed by atoms with Crippen molar-refractivity contribution in [2.75, 3.05) is 47.5 Å². The zero-order valence-corrected chi connectivity index (χ0v) is 58.4. The van der Waals surface area contributed by atoms with Crippen molar-refractivity contribution < 1.29 is 42.9 Å². The summed E-state index contributed by atoms with van der Waals surface area (Å²) in [5.41, 5.74) is 0. The van der Waals surface area contributed by atoms with Crippen LogP contribution in [0.15, 0.2) is 48.6 Å². The molecule has 9 heteroatoms. The average Bonchev–Trinajstić information content (AvgIpc) is 3.59. The van der Waals surface area contributed by atoms with E-state index >= 15 is 0 Å². The number of quaternary nitrogens is 1. The zero-order chi connectivity index (χ0) is 63.3. The molecule has 0 heterocycles. The first-order valence-electron chi connectivity index (χ1n) is 37.8. The predicted molar refractivity (Wildman–Crippen MR) is 371 cm³/mol. The molecule has 0 radical (unpaired) electrons. The van der Waals surface area contributed by atoms with Gasteiger partial charge in [-0.25, -0.2) is 0 Å². The first-order valence-corrected chi connectivity index (χ1v) is 37.8. The van der Waals surface area contributed by atoms with E-state index in [4.69, 9.17) is 18.9 Å². The number of allylic oxidation sites excluding steroid dienone is 8. The molecule has 0 aliphatic carbocycles. The molecular formula is C78H145NO8.